The monoisotopic (exact) mass is 353 g/mol. The second-order valence-corrected chi connectivity index (χ2v) is 5.44. The molecule has 1 unspecified atom stereocenters. The van der Waals surface area contributed by atoms with Gasteiger partial charge in [0, 0.05) is 18.0 Å². The molecule has 0 bridgehead atoms. The van der Waals surface area contributed by atoms with Gasteiger partial charge in [-0.1, -0.05) is 6.92 Å². The SMILES string of the molecule is CC(CCCl)CCOc1cc(F)c(Br)cc1[N+](=O)[O-]. The Balaban J connectivity index is 2.72. The maximum absolute atomic E-state index is 13.4. The molecule has 0 aliphatic heterocycles. The lowest BCUT2D eigenvalue weighted by Crippen LogP contribution is -2.06. The van der Waals surface area contributed by atoms with E-state index in [2.05, 4.69) is 15.9 Å². The van der Waals surface area contributed by atoms with Gasteiger partial charge in [-0.3, -0.25) is 10.1 Å². The summed E-state index contributed by atoms with van der Waals surface area (Å²) < 4.78 is 18.7. The molecule has 1 atom stereocenters. The molecule has 0 spiro atoms. The predicted octanol–water partition coefficient (Wildman–Crippen LogP) is 4.53. The summed E-state index contributed by atoms with van der Waals surface area (Å²) in [6.07, 6.45) is 1.56. The number of halogens is 3. The summed E-state index contributed by atoms with van der Waals surface area (Å²) >= 11 is 8.52. The van der Waals surface area contributed by atoms with Gasteiger partial charge in [0.15, 0.2) is 5.75 Å². The van der Waals surface area contributed by atoms with Gasteiger partial charge < -0.3 is 4.74 Å². The molecule has 0 amide bonds. The van der Waals surface area contributed by atoms with E-state index in [4.69, 9.17) is 16.3 Å². The number of hydrogen-bond donors (Lipinski definition) is 0. The van der Waals surface area contributed by atoms with Gasteiger partial charge in [0.2, 0.25) is 0 Å². The lowest BCUT2D eigenvalue weighted by molar-refractivity contribution is -0.386. The van der Waals surface area contributed by atoms with Gasteiger partial charge in [0.05, 0.1) is 16.0 Å². The van der Waals surface area contributed by atoms with Crippen LogP contribution in [-0.4, -0.2) is 17.4 Å². The van der Waals surface area contributed by atoms with Gasteiger partial charge in [-0.05, 0) is 34.7 Å². The van der Waals surface area contributed by atoms with E-state index in [0.717, 1.165) is 18.6 Å². The van der Waals surface area contributed by atoms with Gasteiger partial charge in [0.25, 0.3) is 0 Å². The maximum Gasteiger partial charge on any atom is 0.312 e. The highest BCUT2D eigenvalue weighted by Gasteiger charge is 2.19. The van der Waals surface area contributed by atoms with Crippen molar-refractivity contribution in [3.8, 4) is 5.75 Å². The van der Waals surface area contributed by atoms with Crippen LogP contribution in [0.3, 0.4) is 0 Å². The molecule has 7 heteroatoms. The third-order valence-corrected chi connectivity index (χ3v) is 3.49. The van der Waals surface area contributed by atoms with Crippen molar-refractivity contribution in [1.82, 2.24) is 0 Å². The van der Waals surface area contributed by atoms with Crippen molar-refractivity contribution in [2.75, 3.05) is 12.5 Å². The van der Waals surface area contributed by atoms with Crippen LogP contribution >= 0.6 is 27.5 Å². The minimum Gasteiger partial charge on any atom is -0.487 e. The quantitative estimate of drug-likeness (QED) is 0.410. The van der Waals surface area contributed by atoms with E-state index in [1.165, 1.54) is 0 Å². The number of hydrogen-bond acceptors (Lipinski definition) is 3. The first-order valence-corrected chi connectivity index (χ1v) is 7.10. The molecule has 0 heterocycles. The average molecular weight is 355 g/mol. The largest absolute Gasteiger partial charge is 0.487 e. The van der Waals surface area contributed by atoms with Gasteiger partial charge >= 0.3 is 5.69 Å². The molecule has 0 saturated carbocycles. The summed E-state index contributed by atoms with van der Waals surface area (Å²) in [6, 6.07) is 2.13. The molecule has 0 fully saturated rings. The third-order valence-electron chi connectivity index (χ3n) is 2.67. The third kappa shape index (κ3) is 4.95. The fourth-order valence-electron chi connectivity index (χ4n) is 1.48. The molecule has 0 aliphatic rings. The molecule has 0 saturated heterocycles. The van der Waals surface area contributed by atoms with E-state index in [-0.39, 0.29) is 15.9 Å². The van der Waals surface area contributed by atoms with E-state index in [0.29, 0.717) is 24.8 Å². The summed E-state index contributed by atoms with van der Waals surface area (Å²) in [6.45, 7) is 2.31. The smallest absolute Gasteiger partial charge is 0.312 e. The second-order valence-electron chi connectivity index (χ2n) is 4.21. The Labute approximate surface area is 124 Å². The predicted molar refractivity (Wildman–Crippen MR) is 75.4 cm³/mol. The fourth-order valence-corrected chi connectivity index (χ4v) is 2.18. The van der Waals surface area contributed by atoms with Crippen LogP contribution in [0.25, 0.3) is 0 Å². The van der Waals surface area contributed by atoms with Crippen LogP contribution in [0.1, 0.15) is 19.8 Å². The Hall–Kier alpha value is -0.880. The molecule has 19 heavy (non-hydrogen) atoms. The molecule has 106 valence electrons. The van der Waals surface area contributed by atoms with E-state index >= 15 is 0 Å². The maximum atomic E-state index is 13.4. The lowest BCUT2D eigenvalue weighted by Gasteiger charge is -2.11. The van der Waals surface area contributed by atoms with Crippen LogP contribution in [0.2, 0.25) is 0 Å². The number of nitro benzene ring substituents is 1. The normalized spacial score (nSPS) is 12.2. The molecule has 1 aromatic carbocycles. The van der Waals surface area contributed by atoms with Crippen molar-refractivity contribution in [2.45, 2.75) is 19.8 Å². The van der Waals surface area contributed by atoms with Crippen LogP contribution in [0.15, 0.2) is 16.6 Å². The Morgan fingerprint density at radius 2 is 2.21 bits per heavy atom. The minimum absolute atomic E-state index is 0.0436. The molecule has 4 nitrogen and oxygen atoms in total. The van der Waals surface area contributed by atoms with Crippen molar-refractivity contribution in [2.24, 2.45) is 5.92 Å². The second kappa shape index (κ2) is 7.65. The summed E-state index contributed by atoms with van der Waals surface area (Å²) in [4.78, 5) is 10.3. The topological polar surface area (TPSA) is 52.4 Å². The van der Waals surface area contributed by atoms with Crippen LogP contribution < -0.4 is 4.74 Å². The van der Waals surface area contributed by atoms with Crippen LogP contribution in [0, 0.1) is 21.8 Å². The Morgan fingerprint density at radius 1 is 1.53 bits per heavy atom. The van der Waals surface area contributed by atoms with E-state index in [1.807, 2.05) is 6.92 Å². The Kier molecular flexibility index (Phi) is 6.51. The average Bonchev–Trinajstić information content (AvgIpc) is 2.33. The molecular weight excluding hydrogens is 340 g/mol. The minimum atomic E-state index is -0.596. The van der Waals surface area contributed by atoms with Crippen molar-refractivity contribution < 1.29 is 14.1 Å². The lowest BCUT2D eigenvalue weighted by atomic mass is 10.1. The van der Waals surface area contributed by atoms with Gasteiger partial charge in [-0.2, -0.15) is 0 Å². The zero-order chi connectivity index (χ0) is 14.4. The molecule has 0 radical (unpaired) electrons. The van der Waals surface area contributed by atoms with E-state index < -0.39 is 10.7 Å². The molecule has 1 rings (SSSR count). The summed E-state index contributed by atoms with van der Waals surface area (Å²) in [5.74, 6) is 0.281. The number of ether oxygens (including phenoxy) is 1. The van der Waals surface area contributed by atoms with Crippen LogP contribution in [0.4, 0.5) is 10.1 Å². The summed E-state index contributed by atoms with van der Waals surface area (Å²) in [5, 5.41) is 10.8. The van der Waals surface area contributed by atoms with Crippen molar-refractivity contribution >= 4 is 33.2 Å². The van der Waals surface area contributed by atoms with Gasteiger partial charge in [0.1, 0.15) is 5.82 Å². The molecule has 0 aromatic heterocycles. The van der Waals surface area contributed by atoms with Crippen molar-refractivity contribution in [1.29, 1.82) is 0 Å². The Bertz CT molecular complexity index is 459. The zero-order valence-electron chi connectivity index (χ0n) is 10.4. The summed E-state index contributed by atoms with van der Waals surface area (Å²) in [7, 11) is 0. The van der Waals surface area contributed by atoms with Crippen LogP contribution in [-0.2, 0) is 0 Å². The molecule has 1 aromatic rings. The number of nitrogens with zero attached hydrogens (tertiary/aromatic N) is 1. The number of benzene rings is 1. The zero-order valence-corrected chi connectivity index (χ0v) is 12.7. The van der Waals surface area contributed by atoms with Crippen LogP contribution in [0.5, 0.6) is 5.75 Å². The highest BCUT2D eigenvalue weighted by Crippen LogP contribution is 2.32. The van der Waals surface area contributed by atoms with E-state index in [9.17, 15) is 14.5 Å². The fraction of sp³-hybridized carbons (Fsp3) is 0.500. The first-order valence-electron chi connectivity index (χ1n) is 5.78. The van der Waals surface area contributed by atoms with E-state index in [1.54, 1.807) is 0 Å². The molecule has 0 aliphatic carbocycles. The first kappa shape index (κ1) is 16.2. The highest BCUT2D eigenvalue weighted by molar-refractivity contribution is 9.10. The summed E-state index contributed by atoms with van der Waals surface area (Å²) in [5.41, 5.74) is -0.252. The van der Waals surface area contributed by atoms with Gasteiger partial charge in [-0.15, -0.1) is 11.6 Å². The first-order chi connectivity index (χ1) is 8.95. The number of rotatable bonds is 7. The van der Waals surface area contributed by atoms with Crippen molar-refractivity contribution in [3.05, 3.63) is 32.5 Å². The van der Waals surface area contributed by atoms with Crippen molar-refractivity contribution in [3.63, 3.8) is 0 Å². The van der Waals surface area contributed by atoms with Gasteiger partial charge in [-0.25, -0.2) is 4.39 Å². The number of alkyl halides is 1. The standard InChI is InChI=1S/C12H14BrClFNO3/c1-8(2-4-14)3-5-19-12-7-10(15)9(13)6-11(12)16(17)18/h6-8H,2-5H2,1H3. The number of nitro groups is 1. The highest BCUT2D eigenvalue weighted by atomic mass is 79.9. The molecule has 0 N–H and O–H groups in total. The Morgan fingerprint density at radius 3 is 2.79 bits per heavy atom. The molecular formula is C12H14BrClFNO3.